The van der Waals surface area contributed by atoms with Crippen molar-refractivity contribution in [2.24, 2.45) is 5.92 Å². The second-order valence-electron chi connectivity index (χ2n) is 6.02. The van der Waals surface area contributed by atoms with Gasteiger partial charge in [0.25, 0.3) is 5.91 Å². The van der Waals surface area contributed by atoms with Gasteiger partial charge in [-0.3, -0.25) is 14.7 Å². The topological polar surface area (TPSA) is 65.5 Å². The Kier molecular flexibility index (Phi) is 5.45. The fourth-order valence-corrected chi connectivity index (χ4v) is 3.27. The van der Waals surface area contributed by atoms with Crippen molar-refractivity contribution in [3.63, 3.8) is 0 Å². The molecule has 1 aliphatic rings. The molecular formula is C18H20ClN3O2. The molecule has 2 aromatic rings. The van der Waals surface area contributed by atoms with Crippen molar-refractivity contribution in [2.45, 2.75) is 12.6 Å². The molecule has 1 aliphatic heterocycles. The highest BCUT2D eigenvalue weighted by Gasteiger charge is 2.33. The monoisotopic (exact) mass is 345 g/mol. The van der Waals surface area contributed by atoms with Crippen molar-refractivity contribution in [1.82, 2.24) is 15.2 Å². The van der Waals surface area contributed by atoms with Gasteiger partial charge in [-0.25, -0.2) is 0 Å². The number of rotatable bonds is 5. The second-order valence-corrected chi connectivity index (χ2v) is 6.42. The van der Waals surface area contributed by atoms with E-state index in [0.717, 1.165) is 12.2 Å². The summed E-state index contributed by atoms with van der Waals surface area (Å²) in [5, 5.41) is 13.1. The third kappa shape index (κ3) is 3.93. The van der Waals surface area contributed by atoms with E-state index in [2.05, 4.69) is 15.2 Å². The Morgan fingerprint density at radius 3 is 2.75 bits per heavy atom. The summed E-state index contributed by atoms with van der Waals surface area (Å²) in [6, 6.07) is 12.7. The number of nitrogens with zero attached hydrogens (tertiary/aromatic N) is 2. The van der Waals surface area contributed by atoms with Crippen LogP contribution in [0, 0.1) is 5.92 Å². The van der Waals surface area contributed by atoms with Crippen molar-refractivity contribution in [3.05, 3.63) is 64.9 Å². The Hall–Kier alpha value is -1.95. The van der Waals surface area contributed by atoms with Crippen molar-refractivity contribution in [1.29, 1.82) is 0 Å². The third-order valence-corrected chi connectivity index (χ3v) is 4.63. The van der Waals surface area contributed by atoms with Gasteiger partial charge in [-0.05, 0) is 24.3 Å². The smallest absolute Gasteiger partial charge is 0.253 e. The molecule has 0 spiro atoms. The fourth-order valence-electron chi connectivity index (χ4n) is 3.05. The molecule has 1 saturated heterocycles. The van der Waals surface area contributed by atoms with E-state index in [4.69, 9.17) is 11.6 Å². The van der Waals surface area contributed by atoms with E-state index >= 15 is 0 Å². The average Bonchev–Trinajstić information content (AvgIpc) is 2.97. The number of benzene rings is 1. The summed E-state index contributed by atoms with van der Waals surface area (Å²) in [5.74, 6) is -0.205. The number of carbonyl (C=O) groups is 1. The zero-order valence-electron chi connectivity index (χ0n) is 13.2. The first-order valence-electron chi connectivity index (χ1n) is 7.96. The summed E-state index contributed by atoms with van der Waals surface area (Å²) >= 11 is 6.08. The Labute approximate surface area is 146 Å². The first-order valence-corrected chi connectivity index (χ1v) is 8.33. The van der Waals surface area contributed by atoms with Crippen LogP contribution in [0.4, 0.5) is 0 Å². The highest BCUT2D eigenvalue weighted by Crippen LogP contribution is 2.20. The number of hydrogen-bond donors (Lipinski definition) is 2. The number of likely N-dealkylation sites (tertiary alicyclic amines) is 1. The van der Waals surface area contributed by atoms with Gasteiger partial charge in [-0.2, -0.15) is 0 Å². The Balaban J connectivity index is 1.65. The molecule has 2 N–H and O–H groups in total. The number of pyridine rings is 1. The van der Waals surface area contributed by atoms with Crippen LogP contribution < -0.4 is 5.32 Å². The summed E-state index contributed by atoms with van der Waals surface area (Å²) < 4.78 is 0. The largest absolute Gasteiger partial charge is 0.396 e. The molecule has 1 aromatic heterocycles. The number of nitrogens with one attached hydrogen (secondary N) is 1. The summed E-state index contributed by atoms with van der Waals surface area (Å²) in [7, 11) is 0. The SMILES string of the molecule is O=C(N[C@@H]1CN(Cc2ccccn2)C[C@H]1CO)c1ccccc1Cl. The molecule has 5 nitrogen and oxygen atoms in total. The second kappa shape index (κ2) is 7.75. The van der Waals surface area contributed by atoms with E-state index in [1.54, 1.807) is 30.5 Å². The predicted octanol–water partition coefficient (Wildman–Crippen LogP) is 1.96. The van der Waals surface area contributed by atoms with Crippen molar-refractivity contribution in [2.75, 3.05) is 19.7 Å². The van der Waals surface area contributed by atoms with Gasteiger partial charge >= 0.3 is 0 Å². The fraction of sp³-hybridized carbons (Fsp3) is 0.333. The van der Waals surface area contributed by atoms with Gasteiger partial charge in [0.05, 0.1) is 16.3 Å². The zero-order chi connectivity index (χ0) is 16.9. The van der Waals surface area contributed by atoms with Crippen molar-refractivity contribution < 1.29 is 9.90 Å². The number of halogens is 1. The highest BCUT2D eigenvalue weighted by molar-refractivity contribution is 6.33. The van der Waals surface area contributed by atoms with Gasteiger partial charge in [0.15, 0.2) is 0 Å². The van der Waals surface area contributed by atoms with E-state index in [9.17, 15) is 9.90 Å². The number of amides is 1. The van der Waals surface area contributed by atoms with Crippen LogP contribution in [0.5, 0.6) is 0 Å². The van der Waals surface area contributed by atoms with Crippen LogP contribution in [0.25, 0.3) is 0 Å². The quantitative estimate of drug-likeness (QED) is 0.869. The van der Waals surface area contributed by atoms with E-state index in [1.807, 2.05) is 18.2 Å². The molecule has 2 atom stereocenters. The number of aromatic nitrogens is 1. The van der Waals surface area contributed by atoms with E-state index in [-0.39, 0.29) is 24.5 Å². The molecule has 0 bridgehead atoms. The maximum atomic E-state index is 12.4. The standard InChI is InChI=1S/C18H20ClN3O2/c19-16-7-2-1-6-15(16)18(24)21-17-11-22(9-13(17)12-23)10-14-5-3-4-8-20-14/h1-8,13,17,23H,9-12H2,(H,21,24)/t13-,17+/m0/s1. The molecule has 1 fully saturated rings. The summed E-state index contributed by atoms with van der Waals surface area (Å²) in [4.78, 5) is 19.0. The molecular weight excluding hydrogens is 326 g/mol. The highest BCUT2D eigenvalue weighted by atomic mass is 35.5. The zero-order valence-corrected chi connectivity index (χ0v) is 14.0. The molecule has 0 radical (unpaired) electrons. The normalized spacial score (nSPS) is 20.9. The maximum absolute atomic E-state index is 12.4. The van der Waals surface area contributed by atoms with E-state index in [0.29, 0.717) is 23.7 Å². The lowest BCUT2D eigenvalue weighted by molar-refractivity contribution is 0.0921. The van der Waals surface area contributed by atoms with E-state index < -0.39 is 0 Å². The lowest BCUT2D eigenvalue weighted by atomic mass is 10.0. The number of aliphatic hydroxyl groups is 1. The Morgan fingerprint density at radius 1 is 1.25 bits per heavy atom. The van der Waals surface area contributed by atoms with Gasteiger partial charge in [0.2, 0.25) is 0 Å². The molecule has 24 heavy (non-hydrogen) atoms. The Morgan fingerprint density at radius 2 is 2.04 bits per heavy atom. The van der Waals surface area contributed by atoms with Crippen LogP contribution in [0.15, 0.2) is 48.7 Å². The maximum Gasteiger partial charge on any atom is 0.253 e. The lowest BCUT2D eigenvalue weighted by Crippen LogP contribution is -2.41. The van der Waals surface area contributed by atoms with Crippen LogP contribution in [-0.2, 0) is 6.54 Å². The molecule has 2 heterocycles. The summed E-state index contributed by atoms with van der Waals surface area (Å²) in [5.41, 5.74) is 1.44. The molecule has 0 saturated carbocycles. The molecule has 6 heteroatoms. The average molecular weight is 346 g/mol. The number of carbonyl (C=O) groups excluding carboxylic acids is 1. The van der Waals surface area contributed by atoms with E-state index in [1.165, 1.54) is 0 Å². The van der Waals surface area contributed by atoms with Gasteiger partial charge in [0.1, 0.15) is 0 Å². The number of aliphatic hydroxyl groups excluding tert-OH is 1. The molecule has 126 valence electrons. The predicted molar refractivity (Wildman–Crippen MR) is 92.8 cm³/mol. The van der Waals surface area contributed by atoms with Crippen LogP contribution in [0.3, 0.4) is 0 Å². The molecule has 1 aromatic carbocycles. The van der Waals surface area contributed by atoms with Crippen molar-refractivity contribution >= 4 is 17.5 Å². The minimum atomic E-state index is -0.205. The molecule has 3 rings (SSSR count). The van der Waals surface area contributed by atoms with Gasteiger partial charge in [-0.1, -0.05) is 29.8 Å². The first-order chi connectivity index (χ1) is 11.7. The summed E-state index contributed by atoms with van der Waals surface area (Å²) in [6.07, 6.45) is 1.77. The first kappa shape index (κ1) is 16.9. The van der Waals surface area contributed by atoms with Gasteiger partial charge < -0.3 is 10.4 Å². The minimum absolute atomic E-state index is 0.000139. The van der Waals surface area contributed by atoms with Crippen LogP contribution >= 0.6 is 11.6 Å². The van der Waals surface area contributed by atoms with Crippen LogP contribution in [0.2, 0.25) is 5.02 Å². The van der Waals surface area contributed by atoms with Gasteiger partial charge in [-0.15, -0.1) is 0 Å². The number of hydrogen-bond acceptors (Lipinski definition) is 4. The van der Waals surface area contributed by atoms with Crippen molar-refractivity contribution in [3.8, 4) is 0 Å². The summed E-state index contributed by atoms with van der Waals surface area (Å²) in [6.45, 7) is 2.14. The Bertz CT molecular complexity index is 696. The lowest BCUT2D eigenvalue weighted by Gasteiger charge is -2.18. The van der Waals surface area contributed by atoms with Crippen LogP contribution in [-0.4, -0.2) is 46.6 Å². The van der Waals surface area contributed by atoms with Crippen LogP contribution in [0.1, 0.15) is 16.1 Å². The minimum Gasteiger partial charge on any atom is -0.396 e. The van der Waals surface area contributed by atoms with Gasteiger partial charge in [0, 0.05) is 44.4 Å². The molecule has 0 unspecified atom stereocenters. The molecule has 0 aliphatic carbocycles. The third-order valence-electron chi connectivity index (χ3n) is 4.30. The molecule has 1 amide bonds.